The minimum absolute atomic E-state index is 0.226. The van der Waals surface area contributed by atoms with E-state index in [9.17, 15) is 4.79 Å². The molecule has 13 heavy (non-hydrogen) atoms. The summed E-state index contributed by atoms with van der Waals surface area (Å²) < 4.78 is 12.1. The summed E-state index contributed by atoms with van der Waals surface area (Å²) in [5.41, 5.74) is 0. The van der Waals surface area contributed by atoms with Gasteiger partial charge in [-0.3, -0.25) is 0 Å². The number of amides is 1. The molecule has 0 spiro atoms. The average molecular weight is 285 g/mol. The minimum atomic E-state index is -0.482. The number of carbonyl (C=O) groups is 1. The Hall–Kier alpha value is -0.166. The van der Waals surface area contributed by atoms with Gasteiger partial charge in [0.2, 0.25) is 0 Å². The van der Waals surface area contributed by atoms with Crippen LogP contribution in [0, 0.1) is 0 Å². The molecule has 1 saturated heterocycles. The monoisotopic (exact) mass is 286 g/mol. The first-order chi connectivity index (χ1) is 6.24. The molecule has 0 aromatic heterocycles. The number of carbonyl (C=O) groups excluding carboxylic acids is 1. The van der Waals surface area contributed by atoms with Crippen molar-refractivity contribution in [1.29, 1.82) is 0 Å². The summed E-state index contributed by atoms with van der Waals surface area (Å²) in [5.74, 6) is 0. The fourth-order valence-electron chi connectivity index (χ4n) is 0.944. The second-order valence-electron chi connectivity index (χ2n) is 2.60. The number of hydrogen-bond acceptors (Lipinski definition) is 3. The van der Waals surface area contributed by atoms with Crippen LogP contribution in [0.5, 0.6) is 0 Å². The zero-order valence-electron chi connectivity index (χ0n) is 7.10. The molecular formula is C7H9BNO3Sn. The number of rotatable bonds is 4. The van der Waals surface area contributed by atoms with Gasteiger partial charge in [0.1, 0.15) is 0 Å². The number of nitrogens with zero attached hydrogens (tertiary/aromatic N) is 1. The van der Waals surface area contributed by atoms with Crippen LogP contribution in [-0.2, 0) is 9.47 Å². The van der Waals surface area contributed by atoms with Gasteiger partial charge in [0.25, 0.3) is 0 Å². The normalized spacial score (nSPS) is 22.7. The van der Waals surface area contributed by atoms with Gasteiger partial charge >= 0.3 is 91.7 Å². The van der Waals surface area contributed by atoms with Crippen LogP contribution >= 0.6 is 0 Å². The first-order valence-corrected chi connectivity index (χ1v) is 5.51. The van der Waals surface area contributed by atoms with E-state index in [0.29, 0.717) is 19.8 Å². The average Bonchev–Trinajstić information content (AvgIpc) is 2.41. The molecule has 1 amide bonds. The molecule has 0 aromatic rings. The van der Waals surface area contributed by atoms with Crippen molar-refractivity contribution in [2.75, 3.05) is 19.8 Å². The summed E-state index contributed by atoms with van der Waals surface area (Å²) in [6.07, 6.45) is 1.22. The molecule has 5 radical (unpaired) electrons. The first kappa shape index (κ1) is 10.9. The van der Waals surface area contributed by atoms with Crippen LogP contribution < -0.4 is 0 Å². The fourth-order valence-corrected chi connectivity index (χ4v) is 1.22. The summed E-state index contributed by atoms with van der Waals surface area (Å²) in [7, 11) is 5.29. The van der Waals surface area contributed by atoms with Crippen LogP contribution in [0.4, 0.5) is 4.79 Å². The van der Waals surface area contributed by atoms with Crippen molar-refractivity contribution in [1.82, 2.24) is 4.81 Å². The molecule has 0 saturated carbocycles. The van der Waals surface area contributed by atoms with Crippen LogP contribution in [0.2, 0.25) is 0 Å². The SMILES string of the molecule is [B]N1CC(COC/C=[CH]/[Sn])OC1=O. The molecule has 0 N–H and O–H groups in total. The van der Waals surface area contributed by atoms with Crippen molar-refractivity contribution in [2.24, 2.45) is 0 Å². The zero-order chi connectivity index (χ0) is 9.68. The number of hydrogen-bond donors (Lipinski definition) is 0. The molecule has 1 aliphatic rings. The molecule has 0 aliphatic carbocycles. The van der Waals surface area contributed by atoms with E-state index in [1.807, 2.05) is 10.2 Å². The first-order valence-electron chi connectivity index (χ1n) is 3.87. The molecular weight excluding hydrogens is 276 g/mol. The summed E-state index contributed by atoms with van der Waals surface area (Å²) in [6, 6.07) is 0. The topological polar surface area (TPSA) is 38.8 Å². The summed E-state index contributed by atoms with van der Waals surface area (Å²) >= 11 is 1.35. The maximum atomic E-state index is 10.8. The molecule has 6 heteroatoms. The van der Waals surface area contributed by atoms with Crippen molar-refractivity contribution in [2.45, 2.75) is 6.10 Å². The van der Waals surface area contributed by atoms with Crippen molar-refractivity contribution in [3.8, 4) is 0 Å². The van der Waals surface area contributed by atoms with Crippen LogP contribution in [-0.4, -0.2) is 67.3 Å². The van der Waals surface area contributed by atoms with E-state index in [1.165, 1.54) is 22.5 Å². The van der Waals surface area contributed by atoms with E-state index >= 15 is 0 Å². The van der Waals surface area contributed by atoms with Gasteiger partial charge in [-0.2, -0.15) is 0 Å². The van der Waals surface area contributed by atoms with Crippen LogP contribution in [0.1, 0.15) is 0 Å². The maximum absolute atomic E-state index is 10.8. The predicted molar refractivity (Wildman–Crippen MR) is 48.4 cm³/mol. The third-order valence-corrected chi connectivity index (χ3v) is 2.21. The van der Waals surface area contributed by atoms with Crippen molar-refractivity contribution < 1.29 is 14.3 Å². The third-order valence-electron chi connectivity index (χ3n) is 1.54. The predicted octanol–water partition coefficient (Wildman–Crippen LogP) is -0.410. The molecule has 0 bridgehead atoms. The Morgan fingerprint density at radius 3 is 3.15 bits per heavy atom. The van der Waals surface area contributed by atoms with Gasteiger partial charge in [-0.05, 0) is 0 Å². The van der Waals surface area contributed by atoms with Crippen LogP contribution in [0.15, 0.2) is 10.2 Å². The Morgan fingerprint density at radius 2 is 2.62 bits per heavy atom. The second-order valence-corrected chi connectivity index (χ2v) is 3.55. The van der Waals surface area contributed by atoms with Gasteiger partial charge in [0.05, 0.1) is 0 Å². The molecule has 4 nitrogen and oxygen atoms in total. The van der Waals surface area contributed by atoms with Crippen molar-refractivity contribution in [3.63, 3.8) is 0 Å². The molecule has 0 aromatic carbocycles. The van der Waals surface area contributed by atoms with Crippen LogP contribution in [0.25, 0.3) is 0 Å². The van der Waals surface area contributed by atoms with Gasteiger partial charge in [-0.15, -0.1) is 0 Å². The quantitative estimate of drug-likeness (QED) is 0.520. The summed E-state index contributed by atoms with van der Waals surface area (Å²) in [4.78, 5) is 11.8. The van der Waals surface area contributed by atoms with Gasteiger partial charge < -0.3 is 0 Å². The van der Waals surface area contributed by atoms with E-state index in [0.717, 1.165) is 4.81 Å². The van der Waals surface area contributed by atoms with E-state index in [-0.39, 0.29) is 6.10 Å². The Labute approximate surface area is 91.8 Å². The van der Waals surface area contributed by atoms with Gasteiger partial charge in [0.15, 0.2) is 0 Å². The van der Waals surface area contributed by atoms with E-state index < -0.39 is 6.09 Å². The Morgan fingerprint density at radius 1 is 1.85 bits per heavy atom. The van der Waals surface area contributed by atoms with Crippen molar-refractivity contribution in [3.05, 3.63) is 10.2 Å². The summed E-state index contributed by atoms with van der Waals surface area (Å²) in [5, 5.41) is 0. The second kappa shape index (κ2) is 5.54. The third kappa shape index (κ3) is 3.60. The van der Waals surface area contributed by atoms with Gasteiger partial charge in [-0.1, -0.05) is 0 Å². The molecule has 1 atom stereocenters. The molecule has 1 fully saturated rings. The molecule has 1 aliphatic heterocycles. The Balaban J connectivity index is 2.13. The van der Waals surface area contributed by atoms with Crippen LogP contribution in [0.3, 0.4) is 0 Å². The number of ether oxygens (including phenoxy) is 2. The zero-order valence-corrected chi connectivity index (χ0v) is 9.96. The Bertz CT molecular complexity index is 212. The van der Waals surface area contributed by atoms with E-state index in [1.54, 1.807) is 0 Å². The van der Waals surface area contributed by atoms with Gasteiger partial charge in [-0.25, -0.2) is 0 Å². The van der Waals surface area contributed by atoms with E-state index in [4.69, 9.17) is 17.5 Å². The summed E-state index contributed by atoms with van der Waals surface area (Å²) in [6.45, 7) is 1.37. The fraction of sp³-hybridized carbons (Fsp3) is 0.571. The standard InChI is InChI=1S/C7H9BNO3.Sn/c1-2-3-11-5-6-4-9(8)7(10)12-6;/h1-2,6H,3-5H2;. The van der Waals surface area contributed by atoms with E-state index in [2.05, 4.69) is 0 Å². The molecule has 1 heterocycles. The molecule has 1 unspecified atom stereocenters. The molecule has 1 rings (SSSR count). The number of cyclic esters (lactones) is 1. The molecule has 67 valence electrons. The Kier molecular flexibility index (Phi) is 4.65. The van der Waals surface area contributed by atoms with Gasteiger partial charge in [0, 0.05) is 0 Å². The van der Waals surface area contributed by atoms with Crippen molar-refractivity contribution >= 4 is 36.6 Å².